The SMILES string of the molecule is O=C1c2cccc(Br)c2C(=O)N1CCCCCn1cncn1. The van der Waals surface area contributed by atoms with E-state index in [9.17, 15) is 9.59 Å². The van der Waals surface area contributed by atoms with Crippen LogP contribution in [0.15, 0.2) is 35.3 Å². The highest BCUT2D eigenvalue weighted by Crippen LogP contribution is 2.29. The van der Waals surface area contributed by atoms with E-state index in [2.05, 4.69) is 26.0 Å². The minimum atomic E-state index is -0.205. The van der Waals surface area contributed by atoms with Crippen LogP contribution >= 0.6 is 15.9 Å². The Kier molecular flexibility index (Phi) is 4.33. The van der Waals surface area contributed by atoms with E-state index in [4.69, 9.17) is 0 Å². The summed E-state index contributed by atoms with van der Waals surface area (Å²) in [6.45, 7) is 1.25. The van der Waals surface area contributed by atoms with Crippen LogP contribution in [0.1, 0.15) is 40.0 Å². The van der Waals surface area contributed by atoms with Gasteiger partial charge in [0.25, 0.3) is 11.8 Å². The van der Waals surface area contributed by atoms with Crippen molar-refractivity contribution in [3.05, 3.63) is 46.5 Å². The first kappa shape index (κ1) is 14.9. The van der Waals surface area contributed by atoms with Crippen molar-refractivity contribution in [3.63, 3.8) is 0 Å². The van der Waals surface area contributed by atoms with Crippen molar-refractivity contribution in [2.75, 3.05) is 6.54 Å². The smallest absolute Gasteiger partial charge is 0.262 e. The topological polar surface area (TPSA) is 68.1 Å². The fraction of sp³-hybridized carbons (Fsp3) is 0.333. The first-order valence-electron chi connectivity index (χ1n) is 7.15. The van der Waals surface area contributed by atoms with Gasteiger partial charge >= 0.3 is 0 Å². The molecule has 0 N–H and O–H groups in total. The number of nitrogens with zero attached hydrogens (tertiary/aromatic N) is 4. The summed E-state index contributed by atoms with van der Waals surface area (Å²) in [5, 5.41) is 4.03. The molecule has 1 aromatic heterocycles. The number of imide groups is 1. The minimum absolute atomic E-state index is 0.197. The molecule has 0 aliphatic carbocycles. The van der Waals surface area contributed by atoms with E-state index in [0.29, 0.717) is 22.1 Å². The molecule has 0 fully saturated rings. The van der Waals surface area contributed by atoms with E-state index in [0.717, 1.165) is 25.8 Å². The quantitative estimate of drug-likeness (QED) is 0.584. The number of halogens is 1. The van der Waals surface area contributed by atoms with Crippen LogP contribution in [0.3, 0.4) is 0 Å². The lowest BCUT2D eigenvalue weighted by molar-refractivity contribution is 0.0651. The maximum Gasteiger partial charge on any atom is 0.262 e. The predicted octanol–water partition coefficient (Wildman–Crippen LogP) is 2.51. The molecule has 6 nitrogen and oxygen atoms in total. The number of fused-ring (bicyclic) bond motifs is 1. The molecule has 2 heterocycles. The van der Waals surface area contributed by atoms with Gasteiger partial charge in [-0.15, -0.1) is 0 Å². The minimum Gasteiger partial charge on any atom is -0.274 e. The van der Waals surface area contributed by atoms with Gasteiger partial charge in [-0.05, 0) is 47.3 Å². The van der Waals surface area contributed by atoms with Gasteiger partial charge in [0.05, 0.1) is 11.1 Å². The second-order valence-corrected chi connectivity index (χ2v) is 6.00. The molecule has 0 bridgehead atoms. The maximum atomic E-state index is 12.3. The second-order valence-electron chi connectivity index (χ2n) is 5.14. The zero-order valence-corrected chi connectivity index (χ0v) is 13.5. The van der Waals surface area contributed by atoms with E-state index in [-0.39, 0.29) is 11.8 Å². The van der Waals surface area contributed by atoms with Crippen molar-refractivity contribution in [1.29, 1.82) is 0 Å². The summed E-state index contributed by atoms with van der Waals surface area (Å²) in [6, 6.07) is 5.26. The van der Waals surface area contributed by atoms with Gasteiger partial charge in [0.2, 0.25) is 0 Å². The van der Waals surface area contributed by atoms with E-state index in [1.54, 1.807) is 29.2 Å². The predicted molar refractivity (Wildman–Crippen MR) is 83.4 cm³/mol. The fourth-order valence-corrected chi connectivity index (χ4v) is 3.10. The number of hydrogen-bond acceptors (Lipinski definition) is 4. The Morgan fingerprint density at radius 3 is 2.59 bits per heavy atom. The average molecular weight is 363 g/mol. The number of aromatic nitrogens is 3. The van der Waals surface area contributed by atoms with E-state index >= 15 is 0 Å². The maximum absolute atomic E-state index is 12.3. The van der Waals surface area contributed by atoms with Crippen molar-refractivity contribution in [2.24, 2.45) is 0 Å². The number of carbonyl (C=O) groups is 2. The number of rotatable bonds is 6. The van der Waals surface area contributed by atoms with Crippen molar-refractivity contribution in [3.8, 4) is 0 Å². The van der Waals surface area contributed by atoms with Crippen molar-refractivity contribution < 1.29 is 9.59 Å². The van der Waals surface area contributed by atoms with Crippen LogP contribution in [0.2, 0.25) is 0 Å². The van der Waals surface area contributed by atoms with Crippen LogP contribution in [0.25, 0.3) is 0 Å². The van der Waals surface area contributed by atoms with Gasteiger partial charge in [-0.2, -0.15) is 5.10 Å². The van der Waals surface area contributed by atoms with Crippen molar-refractivity contribution in [2.45, 2.75) is 25.8 Å². The highest BCUT2D eigenvalue weighted by molar-refractivity contribution is 9.10. The Bertz CT molecular complexity index is 700. The summed E-state index contributed by atoms with van der Waals surface area (Å²) in [7, 11) is 0. The number of aryl methyl sites for hydroxylation is 1. The van der Waals surface area contributed by atoms with Gasteiger partial charge in [-0.25, -0.2) is 4.98 Å². The molecule has 22 heavy (non-hydrogen) atoms. The first-order valence-corrected chi connectivity index (χ1v) is 7.95. The summed E-state index contributed by atoms with van der Waals surface area (Å²) in [4.78, 5) is 29.8. The molecule has 3 rings (SSSR count). The molecule has 2 amide bonds. The van der Waals surface area contributed by atoms with Crippen LogP contribution in [0.5, 0.6) is 0 Å². The fourth-order valence-electron chi connectivity index (χ4n) is 2.56. The van der Waals surface area contributed by atoms with Crippen LogP contribution in [-0.2, 0) is 6.54 Å². The lowest BCUT2D eigenvalue weighted by Gasteiger charge is -2.13. The third-order valence-corrected chi connectivity index (χ3v) is 4.34. The third kappa shape index (κ3) is 2.81. The van der Waals surface area contributed by atoms with Crippen molar-refractivity contribution in [1.82, 2.24) is 19.7 Å². The second kappa shape index (κ2) is 6.39. The standard InChI is InChI=1S/C15H15BrN4O2/c16-12-6-4-5-11-13(12)15(22)20(14(11)21)8-3-1-2-7-19-10-17-9-18-19/h4-6,9-10H,1-3,7-8H2. The number of amides is 2. The molecular formula is C15H15BrN4O2. The number of hydrogen-bond donors (Lipinski definition) is 0. The van der Waals surface area contributed by atoms with Gasteiger partial charge in [0, 0.05) is 17.6 Å². The first-order chi connectivity index (χ1) is 10.7. The molecule has 0 spiro atoms. The Hall–Kier alpha value is -2.02. The Balaban J connectivity index is 1.53. The molecule has 7 heteroatoms. The monoisotopic (exact) mass is 362 g/mol. The van der Waals surface area contributed by atoms with Gasteiger partial charge in [-0.1, -0.05) is 6.07 Å². The van der Waals surface area contributed by atoms with Gasteiger partial charge in [0.15, 0.2) is 0 Å². The number of benzene rings is 1. The van der Waals surface area contributed by atoms with E-state index < -0.39 is 0 Å². The molecule has 1 aliphatic heterocycles. The number of carbonyl (C=O) groups excluding carboxylic acids is 2. The number of unbranched alkanes of at least 4 members (excludes halogenated alkanes) is 2. The lowest BCUT2D eigenvalue weighted by Crippen LogP contribution is -2.30. The third-order valence-electron chi connectivity index (χ3n) is 3.68. The highest BCUT2D eigenvalue weighted by Gasteiger charge is 2.36. The Labute approximate surface area is 136 Å². The molecule has 1 aliphatic rings. The molecule has 0 saturated carbocycles. The van der Waals surface area contributed by atoms with Crippen LogP contribution < -0.4 is 0 Å². The van der Waals surface area contributed by atoms with E-state index in [1.807, 2.05) is 0 Å². The van der Waals surface area contributed by atoms with Crippen LogP contribution in [0.4, 0.5) is 0 Å². The van der Waals surface area contributed by atoms with Gasteiger partial charge in [-0.3, -0.25) is 19.2 Å². The molecule has 0 saturated heterocycles. The molecule has 114 valence electrons. The van der Waals surface area contributed by atoms with Crippen LogP contribution in [0, 0.1) is 0 Å². The summed E-state index contributed by atoms with van der Waals surface area (Å²) in [5.41, 5.74) is 0.970. The van der Waals surface area contributed by atoms with Crippen molar-refractivity contribution >= 4 is 27.7 Å². The Morgan fingerprint density at radius 2 is 1.86 bits per heavy atom. The summed E-state index contributed by atoms with van der Waals surface area (Å²) < 4.78 is 2.45. The zero-order chi connectivity index (χ0) is 15.5. The Morgan fingerprint density at radius 1 is 1.05 bits per heavy atom. The summed E-state index contributed by atoms with van der Waals surface area (Å²) in [6.07, 6.45) is 5.85. The molecule has 0 atom stereocenters. The molecule has 1 aromatic carbocycles. The van der Waals surface area contributed by atoms with E-state index in [1.165, 1.54) is 11.2 Å². The van der Waals surface area contributed by atoms with Gasteiger partial charge in [0.1, 0.15) is 12.7 Å². The zero-order valence-electron chi connectivity index (χ0n) is 11.9. The molecule has 0 unspecified atom stereocenters. The highest BCUT2D eigenvalue weighted by atomic mass is 79.9. The van der Waals surface area contributed by atoms with Gasteiger partial charge < -0.3 is 0 Å². The molecular weight excluding hydrogens is 348 g/mol. The molecule has 0 radical (unpaired) electrons. The largest absolute Gasteiger partial charge is 0.274 e. The lowest BCUT2D eigenvalue weighted by atomic mass is 10.1. The average Bonchev–Trinajstić information content (AvgIpc) is 3.10. The molecule has 2 aromatic rings. The summed E-state index contributed by atoms with van der Waals surface area (Å²) in [5.74, 6) is -0.402. The normalized spacial score (nSPS) is 13.8. The summed E-state index contributed by atoms with van der Waals surface area (Å²) >= 11 is 3.34. The van der Waals surface area contributed by atoms with Crippen LogP contribution in [-0.4, -0.2) is 38.0 Å².